The molecule has 4 aromatic rings. The maximum atomic E-state index is 14.2. The van der Waals surface area contributed by atoms with Gasteiger partial charge in [0.15, 0.2) is 0 Å². The number of anilines is 1. The number of nitrogens with one attached hydrogen (secondary N) is 1. The largest absolute Gasteiger partial charge is 0.317 e. The summed E-state index contributed by atoms with van der Waals surface area (Å²) < 4.78 is 55.7. The Hall–Kier alpha value is -2.73. The van der Waals surface area contributed by atoms with E-state index in [0.29, 0.717) is 24.8 Å². The molecule has 1 fully saturated rings. The van der Waals surface area contributed by atoms with Crippen molar-refractivity contribution in [2.45, 2.75) is 43.9 Å². The second kappa shape index (κ2) is 10.3. The SMILES string of the molecule is CC1CCc2c(sc(NC(=O)C3CCN(S(=O)(=O)c4ccc(F)cc4F)CC3)c2-c2nc3ccccc3s2)C1. The second-order valence-electron chi connectivity index (χ2n) is 10.3. The zero-order chi connectivity index (χ0) is 27.3. The number of amides is 1. The number of sulfonamides is 1. The fourth-order valence-corrected chi connectivity index (χ4v) is 9.48. The molecule has 2 aromatic heterocycles. The van der Waals surface area contributed by atoms with Crippen LogP contribution in [0.25, 0.3) is 20.8 Å². The minimum absolute atomic E-state index is 0.0837. The molecule has 3 heterocycles. The van der Waals surface area contributed by atoms with Crippen LogP contribution in [-0.2, 0) is 27.7 Å². The van der Waals surface area contributed by atoms with Crippen molar-refractivity contribution in [1.29, 1.82) is 0 Å². The molecule has 11 heteroatoms. The van der Waals surface area contributed by atoms with E-state index in [1.54, 1.807) is 22.7 Å². The summed E-state index contributed by atoms with van der Waals surface area (Å²) >= 11 is 3.25. The van der Waals surface area contributed by atoms with Crippen molar-refractivity contribution in [3.63, 3.8) is 0 Å². The van der Waals surface area contributed by atoms with Crippen LogP contribution in [0.1, 0.15) is 36.6 Å². The van der Waals surface area contributed by atoms with Crippen LogP contribution in [0.4, 0.5) is 13.8 Å². The number of hydrogen-bond donors (Lipinski definition) is 1. The lowest BCUT2D eigenvalue weighted by molar-refractivity contribution is -0.120. The van der Waals surface area contributed by atoms with Crippen molar-refractivity contribution in [3.05, 3.63) is 64.5 Å². The number of nitrogens with zero attached hydrogens (tertiary/aromatic N) is 2. The highest BCUT2D eigenvalue weighted by Gasteiger charge is 2.35. The Labute approximate surface area is 233 Å². The highest BCUT2D eigenvalue weighted by atomic mass is 32.2. The molecule has 0 radical (unpaired) electrons. The molecule has 1 N–H and O–H groups in total. The first-order chi connectivity index (χ1) is 18.7. The molecule has 1 aliphatic heterocycles. The quantitative estimate of drug-likeness (QED) is 0.290. The van der Waals surface area contributed by atoms with E-state index >= 15 is 0 Å². The van der Waals surface area contributed by atoms with Crippen molar-refractivity contribution in [3.8, 4) is 10.6 Å². The molecule has 1 unspecified atom stereocenters. The van der Waals surface area contributed by atoms with Gasteiger partial charge in [-0.3, -0.25) is 4.79 Å². The molecule has 2 aromatic carbocycles. The lowest BCUT2D eigenvalue weighted by atomic mass is 9.88. The summed E-state index contributed by atoms with van der Waals surface area (Å²) in [6, 6.07) is 10.5. The van der Waals surface area contributed by atoms with Crippen molar-refractivity contribution < 1.29 is 22.0 Å². The Morgan fingerprint density at radius 3 is 2.59 bits per heavy atom. The van der Waals surface area contributed by atoms with Gasteiger partial charge in [0.05, 0.1) is 10.2 Å². The van der Waals surface area contributed by atoms with Crippen LogP contribution in [-0.4, -0.2) is 36.7 Å². The fourth-order valence-electron chi connectivity index (χ4n) is 5.44. The van der Waals surface area contributed by atoms with Crippen LogP contribution in [0.2, 0.25) is 0 Å². The molecule has 2 aliphatic rings. The molecule has 0 saturated carbocycles. The van der Waals surface area contributed by atoms with E-state index in [-0.39, 0.29) is 24.9 Å². The lowest BCUT2D eigenvalue weighted by Crippen LogP contribution is -2.41. The average Bonchev–Trinajstić information content (AvgIpc) is 3.48. The molecular formula is C28H27F2N3O3S3. The van der Waals surface area contributed by atoms with Gasteiger partial charge in [-0.1, -0.05) is 19.1 Å². The summed E-state index contributed by atoms with van der Waals surface area (Å²) in [6.45, 7) is 2.42. The van der Waals surface area contributed by atoms with Crippen molar-refractivity contribution in [1.82, 2.24) is 9.29 Å². The van der Waals surface area contributed by atoms with Crippen LogP contribution in [0.15, 0.2) is 47.4 Å². The Bertz CT molecular complexity index is 1640. The summed E-state index contributed by atoms with van der Waals surface area (Å²) in [5, 5.41) is 4.88. The number of rotatable bonds is 5. The number of thiazole rings is 1. The van der Waals surface area contributed by atoms with Crippen LogP contribution < -0.4 is 5.32 Å². The smallest absolute Gasteiger partial charge is 0.245 e. The van der Waals surface area contributed by atoms with Crippen LogP contribution in [0.5, 0.6) is 0 Å². The number of benzene rings is 2. The van der Waals surface area contributed by atoms with Crippen LogP contribution >= 0.6 is 22.7 Å². The van der Waals surface area contributed by atoms with E-state index in [1.165, 1.54) is 14.7 Å². The number of halogens is 2. The number of aromatic nitrogens is 1. The van der Waals surface area contributed by atoms with Gasteiger partial charge in [0, 0.05) is 35.5 Å². The van der Waals surface area contributed by atoms with E-state index in [0.717, 1.165) is 57.2 Å². The Balaban J connectivity index is 1.22. The van der Waals surface area contributed by atoms with Crippen molar-refractivity contribution in [2.75, 3.05) is 18.4 Å². The predicted molar refractivity (Wildman–Crippen MR) is 151 cm³/mol. The summed E-state index contributed by atoms with van der Waals surface area (Å²) in [5.74, 6) is -1.89. The van der Waals surface area contributed by atoms with E-state index < -0.39 is 26.6 Å². The molecule has 1 amide bonds. The summed E-state index contributed by atoms with van der Waals surface area (Å²) in [4.78, 5) is 19.1. The molecule has 6 rings (SSSR count). The third kappa shape index (κ3) is 5.01. The average molecular weight is 588 g/mol. The molecule has 204 valence electrons. The third-order valence-corrected chi connectivity index (χ3v) is 11.7. The number of fused-ring (bicyclic) bond motifs is 2. The first-order valence-corrected chi connectivity index (χ1v) is 16.0. The zero-order valence-electron chi connectivity index (χ0n) is 21.2. The Morgan fingerprint density at radius 2 is 1.85 bits per heavy atom. The monoisotopic (exact) mass is 587 g/mol. The summed E-state index contributed by atoms with van der Waals surface area (Å²) in [5.41, 5.74) is 3.23. The maximum Gasteiger partial charge on any atom is 0.245 e. The molecule has 1 saturated heterocycles. The first-order valence-electron chi connectivity index (χ1n) is 13.0. The van der Waals surface area contributed by atoms with E-state index in [1.807, 2.05) is 18.2 Å². The number of carbonyl (C=O) groups is 1. The van der Waals surface area contributed by atoms with Gasteiger partial charge in [0.1, 0.15) is 26.5 Å². The Morgan fingerprint density at radius 1 is 1.08 bits per heavy atom. The molecule has 0 spiro atoms. The van der Waals surface area contributed by atoms with E-state index in [9.17, 15) is 22.0 Å². The third-order valence-electron chi connectivity index (χ3n) is 7.59. The standard InChI is InChI=1S/C28H27F2N3O3S3/c1-16-6-8-19-23(14-16)38-28(25(19)27-31-21-4-2-3-5-22(21)37-27)32-26(34)17-10-12-33(13-11-17)39(35,36)24-9-7-18(29)15-20(24)30/h2-5,7,9,15-17H,6,8,10-14H2,1H3,(H,32,34). The molecule has 39 heavy (non-hydrogen) atoms. The Kier molecular flexibility index (Phi) is 7.03. The molecular weight excluding hydrogens is 561 g/mol. The van der Waals surface area contributed by atoms with Gasteiger partial charge in [-0.15, -0.1) is 22.7 Å². The van der Waals surface area contributed by atoms with Gasteiger partial charge in [0.25, 0.3) is 0 Å². The first kappa shape index (κ1) is 26.5. The van der Waals surface area contributed by atoms with Gasteiger partial charge in [-0.25, -0.2) is 22.2 Å². The minimum atomic E-state index is -4.13. The summed E-state index contributed by atoms with van der Waals surface area (Å²) in [6.07, 6.45) is 3.64. The number of thiophene rings is 1. The van der Waals surface area contributed by atoms with Gasteiger partial charge in [-0.2, -0.15) is 4.31 Å². The molecule has 0 bridgehead atoms. The molecule has 1 aliphatic carbocycles. The van der Waals surface area contributed by atoms with Gasteiger partial charge in [0.2, 0.25) is 15.9 Å². The second-order valence-corrected chi connectivity index (χ2v) is 14.3. The minimum Gasteiger partial charge on any atom is -0.317 e. The van der Waals surface area contributed by atoms with Gasteiger partial charge < -0.3 is 5.32 Å². The van der Waals surface area contributed by atoms with Crippen LogP contribution in [0, 0.1) is 23.5 Å². The predicted octanol–water partition coefficient (Wildman–Crippen LogP) is 6.47. The fraction of sp³-hybridized carbons (Fsp3) is 0.357. The highest BCUT2D eigenvalue weighted by Crippen LogP contribution is 2.47. The molecule has 1 atom stereocenters. The van der Waals surface area contributed by atoms with Gasteiger partial charge >= 0.3 is 0 Å². The maximum absolute atomic E-state index is 14.2. The van der Waals surface area contributed by atoms with Gasteiger partial charge in [-0.05, 0) is 67.9 Å². The normalized spacial score (nSPS) is 18.8. The number of para-hydroxylation sites is 1. The van der Waals surface area contributed by atoms with Crippen molar-refractivity contribution >= 4 is 53.8 Å². The van der Waals surface area contributed by atoms with Crippen molar-refractivity contribution in [2.24, 2.45) is 11.8 Å². The zero-order valence-corrected chi connectivity index (χ0v) is 23.7. The van der Waals surface area contributed by atoms with Crippen LogP contribution in [0.3, 0.4) is 0 Å². The number of hydrogen-bond acceptors (Lipinski definition) is 6. The molecule has 6 nitrogen and oxygen atoms in total. The van der Waals surface area contributed by atoms with E-state index in [4.69, 9.17) is 4.98 Å². The van der Waals surface area contributed by atoms with E-state index in [2.05, 4.69) is 18.3 Å². The number of piperidine rings is 1. The lowest BCUT2D eigenvalue weighted by Gasteiger charge is -2.30. The number of carbonyl (C=O) groups excluding carboxylic acids is 1. The highest BCUT2D eigenvalue weighted by molar-refractivity contribution is 7.89. The topological polar surface area (TPSA) is 79.4 Å². The summed E-state index contributed by atoms with van der Waals surface area (Å²) in [7, 11) is -4.13.